The first-order valence-corrected chi connectivity index (χ1v) is 8.53. The second kappa shape index (κ2) is 12.5. The molecule has 0 fully saturated rings. The van der Waals surface area contributed by atoms with Gasteiger partial charge in [0, 0.05) is 37.3 Å². The highest BCUT2D eigenvalue weighted by Gasteiger charge is 2.12. The van der Waals surface area contributed by atoms with E-state index in [2.05, 4.69) is 10.6 Å². The van der Waals surface area contributed by atoms with Crippen LogP contribution >= 0.6 is 24.0 Å². The van der Waals surface area contributed by atoms with Crippen LogP contribution in [0.5, 0.6) is 5.75 Å². The number of ether oxygens (including phenoxy) is 2. The monoisotopic (exact) mass is 398 g/mol. The Bertz CT molecular complexity index is 683. The maximum atomic E-state index is 12.4. The van der Waals surface area contributed by atoms with Crippen LogP contribution in [0.15, 0.2) is 48.5 Å². The maximum absolute atomic E-state index is 12.4. The average molecular weight is 399 g/mol. The van der Waals surface area contributed by atoms with Crippen LogP contribution < -0.4 is 15.4 Å². The lowest BCUT2D eigenvalue weighted by Crippen LogP contribution is -2.33. The molecule has 0 aromatic heterocycles. The van der Waals surface area contributed by atoms with E-state index in [4.69, 9.17) is 21.1 Å². The zero-order chi connectivity index (χ0) is 17.9. The third-order valence-corrected chi connectivity index (χ3v) is 3.91. The van der Waals surface area contributed by atoms with E-state index < -0.39 is 0 Å². The first-order valence-electron chi connectivity index (χ1n) is 8.15. The Balaban J connectivity index is 0.00000338. The van der Waals surface area contributed by atoms with Gasteiger partial charge in [0.2, 0.25) is 0 Å². The molecule has 2 N–H and O–H groups in total. The number of methoxy groups -OCH3 is 1. The lowest BCUT2D eigenvalue weighted by molar-refractivity contribution is 0.0949. The summed E-state index contributed by atoms with van der Waals surface area (Å²) in [6.45, 7) is 2.91. The Morgan fingerprint density at radius 1 is 1.04 bits per heavy atom. The molecular formula is C19H24Cl2N2O3. The molecule has 0 unspecified atom stereocenters. The summed E-state index contributed by atoms with van der Waals surface area (Å²) in [5.74, 6) is 0.371. The standard InChI is InChI=1S/C19H23ClN2O3.ClH/c1-24-13-12-21-10-11-22-19(23)16-7-3-5-9-18(16)25-14-15-6-2-4-8-17(15)20;/h2-9,21H,10-14H2,1H3,(H,22,23);1H. The summed E-state index contributed by atoms with van der Waals surface area (Å²) in [6, 6.07) is 14.7. The minimum Gasteiger partial charge on any atom is -0.488 e. The number of hydrogen-bond acceptors (Lipinski definition) is 4. The van der Waals surface area contributed by atoms with Gasteiger partial charge in [-0.1, -0.05) is 41.9 Å². The molecule has 7 heteroatoms. The van der Waals surface area contributed by atoms with E-state index >= 15 is 0 Å². The van der Waals surface area contributed by atoms with Crippen LogP contribution in [0.2, 0.25) is 5.02 Å². The predicted octanol–water partition coefficient (Wildman–Crippen LogP) is 3.31. The van der Waals surface area contributed by atoms with Crippen molar-refractivity contribution in [2.75, 3.05) is 33.4 Å². The number of para-hydroxylation sites is 1. The fraction of sp³-hybridized carbons (Fsp3) is 0.316. The molecule has 0 radical (unpaired) electrons. The summed E-state index contributed by atoms with van der Waals surface area (Å²) in [5.41, 5.74) is 1.38. The molecule has 26 heavy (non-hydrogen) atoms. The molecule has 2 aromatic carbocycles. The summed E-state index contributed by atoms with van der Waals surface area (Å²) in [5, 5.41) is 6.70. The number of nitrogens with one attached hydrogen (secondary N) is 2. The van der Waals surface area contributed by atoms with Crippen LogP contribution in [-0.2, 0) is 11.3 Å². The molecule has 1 amide bonds. The Kier molecular flexibility index (Phi) is 10.7. The second-order valence-corrected chi connectivity index (χ2v) is 5.78. The zero-order valence-corrected chi connectivity index (χ0v) is 16.2. The SMILES string of the molecule is COCCNCCNC(=O)c1ccccc1OCc1ccccc1Cl.Cl. The zero-order valence-electron chi connectivity index (χ0n) is 14.7. The van der Waals surface area contributed by atoms with E-state index in [1.54, 1.807) is 19.2 Å². The predicted molar refractivity (Wildman–Crippen MR) is 107 cm³/mol. The number of benzene rings is 2. The van der Waals surface area contributed by atoms with Gasteiger partial charge in [0.25, 0.3) is 5.91 Å². The Morgan fingerprint density at radius 2 is 1.77 bits per heavy atom. The summed E-state index contributed by atoms with van der Waals surface area (Å²) >= 11 is 6.14. The van der Waals surface area contributed by atoms with Crippen LogP contribution in [0.1, 0.15) is 15.9 Å². The molecule has 142 valence electrons. The molecule has 5 nitrogen and oxygen atoms in total. The van der Waals surface area contributed by atoms with Crippen LogP contribution in [0.3, 0.4) is 0 Å². The van der Waals surface area contributed by atoms with Crippen molar-refractivity contribution in [1.29, 1.82) is 0 Å². The van der Waals surface area contributed by atoms with Gasteiger partial charge in [-0.3, -0.25) is 4.79 Å². The molecule has 0 bridgehead atoms. The van der Waals surface area contributed by atoms with Gasteiger partial charge in [0.05, 0.1) is 12.2 Å². The molecule has 0 spiro atoms. The van der Waals surface area contributed by atoms with Gasteiger partial charge in [-0.2, -0.15) is 0 Å². The molecule has 0 atom stereocenters. The van der Waals surface area contributed by atoms with Crippen molar-refractivity contribution in [1.82, 2.24) is 10.6 Å². The fourth-order valence-electron chi connectivity index (χ4n) is 2.21. The van der Waals surface area contributed by atoms with Gasteiger partial charge in [-0.15, -0.1) is 12.4 Å². The third-order valence-electron chi connectivity index (χ3n) is 3.54. The average Bonchev–Trinajstić information content (AvgIpc) is 2.64. The summed E-state index contributed by atoms with van der Waals surface area (Å²) < 4.78 is 10.8. The highest BCUT2D eigenvalue weighted by Crippen LogP contribution is 2.21. The molecule has 0 heterocycles. The number of hydrogen-bond donors (Lipinski definition) is 2. The van der Waals surface area contributed by atoms with Crippen molar-refractivity contribution in [3.63, 3.8) is 0 Å². The van der Waals surface area contributed by atoms with E-state index in [1.807, 2.05) is 36.4 Å². The maximum Gasteiger partial charge on any atom is 0.255 e. The van der Waals surface area contributed by atoms with Crippen molar-refractivity contribution in [3.05, 3.63) is 64.7 Å². The number of carbonyl (C=O) groups excluding carboxylic acids is 1. The minimum atomic E-state index is -0.164. The highest BCUT2D eigenvalue weighted by molar-refractivity contribution is 6.31. The van der Waals surface area contributed by atoms with Crippen LogP contribution in [0.25, 0.3) is 0 Å². The second-order valence-electron chi connectivity index (χ2n) is 5.37. The van der Waals surface area contributed by atoms with Crippen LogP contribution in [0.4, 0.5) is 0 Å². The number of halogens is 2. The number of carbonyl (C=O) groups is 1. The van der Waals surface area contributed by atoms with Gasteiger partial charge in [-0.25, -0.2) is 0 Å². The van der Waals surface area contributed by atoms with E-state index in [0.717, 1.165) is 12.1 Å². The summed E-state index contributed by atoms with van der Waals surface area (Å²) in [6.07, 6.45) is 0. The van der Waals surface area contributed by atoms with Gasteiger partial charge in [0.1, 0.15) is 12.4 Å². The number of amides is 1. The van der Waals surface area contributed by atoms with Gasteiger partial charge >= 0.3 is 0 Å². The lowest BCUT2D eigenvalue weighted by atomic mass is 10.2. The van der Waals surface area contributed by atoms with Crippen molar-refractivity contribution < 1.29 is 14.3 Å². The van der Waals surface area contributed by atoms with E-state index in [-0.39, 0.29) is 18.3 Å². The number of rotatable bonds is 10. The van der Waals surface area contributed by atoms with Gasteiger partial charge in [0.15, 0.2) is 0 Å². The Hall–Kier alpha value is -1.79. The minimum absolute atomic E-state index is 0. The first kappa shape index (κ1) is 22.3. The topological polar surface area (TPSA) is 59.6 Å². The summed E-state index contributed by atoms with van der Waals surface area (Å²) in [4.78, 5) is 12.4. The molecule has 0 aliphatic heterocycles. The lowest BCUT2D eigenvalue weighted by Gasteiger charge is -2.12. The van der Waals surface area contributed by atoms with E-state index in [1.165, 1.54) is 0 Å². The van der Waals surface area contributed by atoms with E-state index in [0.29, 0.717) is 42.6 Å². The molecule has 2 rings (SSSR count). The quantitative estimate of drug-likeness (QED) is 0.602. The largest absolute Gasteiger partial charge is 0.488 e. The van der Waals surface area contributed by atoms with Crippen molar-refractivity contribution in [3.8, 4) is 5.75 Å². The molecule has 0 saturated carbocycles. The summed E-state index contributed by atoms with van der Waals surface area (Å²) in [7, 11) is 1.66. The van der Waals surface area contributed by atoms with Crippen molar-refractivity contribution in [2.45, 2.75) is 6.61 Å². The fourth-order valence-corrected chi connectivity index (χ4v) is 2.40. The van der Waals surface area contributed by atoms with Gasteiger partial charge in [-0.05, 0) is 18.2 Å². The normalized spacial score (nSPS) is 10.1. The van der Waals surface area contributed by atoms with Gasteiger partial charge < -0.3 is 20.1 Å². The molecular weight excluding hydrogens is 375 g/mol. The van der Waals surface area contributed by atoms with E-state index in [9.17, 15) is 4.79 Å². The molecule has 0 aliphatic carbocycles. The van der Waals surface area contributed by atoms with Crippen LogP contribution in [0, 0.1) is 0 Å². The third kappa shape index (κ3) is 7.22. The van der Waals surface area contributed by atoms with Crippen molar-refractivity contribution in [2.24, 2.45) is 0 Å². The first-order chi connectivity index (χ1) is 12.2. The highest BCUT2D eigenvalue weighted by atomic mass is 35.5. The Morgan fingerprint density at radius 3 is 2.54 bits per heavy atom. The molecule has 2 aromatic rings. The molecule has 0 saturated heterocycles. The smallest absolute Gasteiger partial charge is 0.255 e. The Labute approximate surface area is 165 Å². The van der Waals surface area contributed by atoms with Crippen LogP contribution in [-0.4, -0.2) is 39.3 Å². The van der Waals surface area contributed by atoms with Crippen molar-refractivity contribution >= 4 is 29.9 Å². The molecule has 0 aliphatic rings.